The highest BCUT2D eigenvalue weighted by atomic mass is 32.1. The van der Waals surface area contributed by atoms with Gasteiger partial charge >= 0.3 is 5.97 Å². The number of aromatic nitrogens is 3. The van der Waals surface area contributed by atoms with E-state index in [2.05, 4.69) is 9.97 Å². The number of nitrogens with zero attached hydrogens (tertiary/aromatic N) is 2. The van der Waals surface area contributed by atoms with Crippen LogP contribution < -0.4 is 5.56 Å². The van der Waals surface area contributed by atoms with E-state index in [0.29, 0.717) is 11.8 Å². The molecule has 0 bridgehead atoms. The molecule has 3 aromatic rings. The Morgan fingerprint density at radius 2 is 2.29 bits per heavy atom. The van der Waals surface area contributed by atoms with Crippen molar-refractivity contribution in [3.63, 3.8) is 0 Å². The fraction of sp³-hybridized carbons (Fsp3) is 0.214. The van der Waals surface area contributed by atoms with E-state index in [9.17, 15) is 9.59 Å². The van der Waals surface area contributed by atoms with E-state index < -0.39 is 12.0 Å². The van der Waals surface area contributed by atoms with Gasteiger partial charge in [0.25, 0.3) is 5.56 Å². The number of carbonyl (C=O) groups excluding carboxylic acids is 1. The molecule has 7 heteroatoms. The zero-order valence-electron chi connectivity index (χ0n) is 11.3. The molecule has 2 aromatic heterocycles. The maximum Gasteiger partial charge on any atom is 0.330 e. The van der Waals surface area contributed by atoms with Crippen molar-refractivity contribution in [3.05, 3.63) is 52.8 Å². The summed E-state index contributed by atoms with van der Waals surface area (Å²) in [6.45, 7) is 0. The molecule has 0 saturated carbocycles. The number of methoxy groups -OCH3 is 1. The third-order valence-electron chi connectivity index (χ3n) is 3.24. The van der Waals surface area contributed by atoms with Crippen LogP contribution >= 0.6 is 11.5 Å². The Morgan fingerprint density at radius 3 is 2.95 bits per heavy atom. The number of ether oxygens (including phenoxy) is 1. The van der Waals surface area contributed by atoms with Gasteiger partial charge in [0.15, 0.2) is 6.04 Å². The summed E-state index contributed by atoms with van der Waals surface area (Å²) in [5.41, 5.74) is 0.597. The first-order valence-corrected chi connectivity index (χ1v) is 7.13. The number of H-pyrrole nitrogens is 1. The smallest absolute Gasteiger partial charge is 0.330 e. The molecule has 0 aliphatic carbocycles. The van der Waals surface area contributed by atoms with Gasteiger partial charge in [0.05, 0.1) is 23.5 Å². The van der Waals surface area contributed by atoms with Crippen LogP contribution in [0.25, 0.3) is 10.1 Å². The van der Waals surface area contributed by atoms with Crippen LogP contribution in [0.4, 0.5) is 0 Å². The van der Waals surface area contributed by atoms with Crippen LogP contribution in [0.3, 0.4) is 0 Å². The van der Waals surface area contributed by atoms with E-state index in [-0.39, 0.29) is 5.56 Å². The van der Waals surface area contributed by atoms with E-state index in [0.717, 1.165) is 10.4 Å². The SMILES string of the molecule is COC(=O)C(Cc1cnc[nH]1)n1sc2ccccc2c1=O. The summed E-state index contributed by atoms with van der Waals surface area (Å²) in [5, 5.41) is 0.612. The van der Waals surface area contributed by atoms with E-state index in [4.69, 9.17) is 4.74 Å². The first-order chi connectivity index (χ1) is 10.2. The average Bonchev–Trinajstić information content (AvgIpc) is 3.13. The highest BCUT2D eigenvalue weighted by molar-refractivity contribution is 7.14. The molecule has 6 nitrogen and oxygen atoms in total. The van der Waals surface area contributed by atoms with E-state index >= 15 is 0 Å². The van der Waals surface area contributed by atoms with Crippen molar-refractivity contribution in [1.82, 2.24) is 13.9 Å². The van der Waals surface area contributed by atoms with E-state index in [1.54, 1.807) is 12.3 Å². The number of esters is 1. The molecule has 1 N–H and O–H groups in total. The summed E-state index contributed by atoms with van der Waals surface area (Å²) in [4.78, 5) is 31.4. The second-order valence-electron chi connectivity index (χ2n) is 4.54. The minimum Gasteiger partial charge on any atom is -0.467 e. The van der Waals surface area contributed by atoms with Crippen LogP contribution in [0.1, 0.15) is 11.7 Å². The van der Waals surface area contributed by atoms with E-state index in [1.807, 2.05) is 18.2 Å². The number of hydrogen-bond acceptors (Lipinski definition) is 5. The lowest BCUT2D eigenvalue weighted by Crippen LogP contribution is -2.28. The standard InChI is InChI=1S/C14H13N3O3S/c1-20-14(19)11(6-9-7-15-8-16-9)17-13(18)10-4-2-3-5-12(10)21-17/h2-5,7-8,11H,6H2,1H3,(H,15,16). The molecule has 1 atom stereocenters. The normalized spacial score (nSPS) is 12.4. The fourth-order valence-corrected chi connectivity index (χ4v) is 3.27. The van der Waals surface area contributed by atoms with E-state index in [1.165, 1.54) is 28.9 Å². The molecule has 1 aromatic carbocycles. The molecule has 0 saturated heterocycles. The summed E-state index contributed by atoms with van der Waals surface area (Å²) in [7, 11) is 1.32. The number of hydrogen-bond donors (Lipinski definition) is 1. The Labute approximate surface area is 124 Å². The van der Waals surface area contributed by atoms with Gasteiger partial charge in [-0.05, 0) is 12.1 Å². The summed E-state index contributed by atoms with van der Waals surface area (Å²) in [6.07, 6.45) is 3.51. The third-order valence-corrected chi connectivity index (χ3v) is 4.41. The lowest BCUT2D eigenvalue weighted by molar-refractivity contribution is -0.144. The number of fused-ring (bicyclic) bond motifs is 1. The number of benzene rings is 1. The molecule has 0 spiro atoms. The monoisotopic (exact) mass is 303 g/mol. The van der Waals surface area contributed by atoms with Crippen molar-refractivity contribution in [3.8, 4) is 0 Å². The third kappa shape index (κ3) is 2.47. The molecule has 1 unspecified atom stereocenters. The first kappa shape index (κ1) is 13.6. The topological polar surface area (TPSA) is 77.0 Å². The largest absolute Gasteiger partial charge is 0.467 e. The number of imidazole rings is 1. The summed E-state index contributed by atoms with van der Waals surface area (Å²) < 4.78 is 7.16. The zero-order valence-corrected chi connectivity index (χ0v) is 12.1. The molecular weight excluding hydrogens is 290 g/mol. The summed E-state index contributed by atoms with van der Waals surface area (Å²) >= 11 is 1.27. The van der Waals surface area contributed by atoms with Crippen molar-refractivity contribution in [2.45, 2.75) is 12.5 Å². The maximum absolute atomic E-state index is 12.5. The van der Waals surface area contributed by atoms with Gasteiger partial charge in [-0.25, -0.2) is 13.7 Å². The van der Waals surface area contributed by atoms with Gasteiger partial charge in [-0.15, -0.1) is 0 Å². The number of nitrogens with one attached hydrogen (secondary N) is 1. The van der Waals surface area contributed by atoms with Crippen LogP contribution in [-0.2, 0) is 16.0 Å². The molecule has 108 valence electrons. The van der Waals surface area contributed by atoms with Crippen LogP contribution in [0.2, 0.25) is 0 Å². The first-order valence-electron chi connectivity index (χ1n) is 6.36. The van der Waals surface area contributed by atoms with Gasteiger partial charge in [0, 0.05) is 18.3 Å². The molecule has 0 aliphatic rings. The number of rotatable bonds is 4. The fourth-order valence-electron chi connectivity index (χ4n) is 2.20. The van der Waals surface area contributed by atoms with Crippen molar-refractivity contribution in [2.75, 3.05) is 7.11 Å². The molecule has 0 radical (unpaired) electrons. The Morgan fingerprint density at radius 1 is 1.48 bits per heavy atom. The summed E-state index contributed by atoms with van der Waals surface area (Å²) in [5.74, 6) is -0.446. The molecular formula is C14H13N3O3S. The maximum atomic E-state index is 12.5. The van der Waals surface area contributed by atoms with Crippen LogP contribution in [0, 0.1) is 0 Å². The Kier molecular flexibility index (Phi) is 3.57. The molecule has 0 fully saturated rings. The van der Waals surface area contributed by atoms with Crippen molar-refractivity contribution in [1.29, 1.82) is 0 Å². The van der Waals surface area contributed by atoms with Crippen LogP contribution in [0.15, 0.2) is 41.6 Å². The highest BCUT2D eigenvalue weighted by Crippen LogP contribution is 2.22. The zero-order chi connectivity index (χ0) is 14.8. The van der Waals surface area contributed by atoms with Crippen LogP contribution in [0.5, 0.6) is 0 Å². The summed E-state index contributed by atoms with van der Waals surface area (Å²) in [6, 6.07) is 6.60. The van der Waals surface area contributed by atoms with Crippen LogP contribution in [-0.4, -0.2) is 27.0 Å². The van der Waals surface area contributed by atoms with Gasteiger partial charge in [0.1, 0.15) is 0 Å². The molecule has 21 heavy (non-hydrogen) atoms. The van der Waals surface area contributed by atoms with Gasteiger partial charge in [-0.2, -0.15) is 0 Å². The predicted molar refractivity (Wildman–Crippen MR) is 79.4 cm³/mol. The Bertz CT molecular complexity index is 819. The van der Waals surface area contributed by atoms with Gasteiger partial charge in [-0.1, -0.05) is 23.7 Å². The minimum atomic E-state index is -0.694. The van der Waals surface area contributed by atoms with Crippen molar-refractivity contribution >= 4 is 27.6 Å². The molecule has 2 heterocycles. The predicted octanol–water partition coefficient (Wildman–Crippen LogP) is 1.74. The Hall–Kier alpha value is -2.41. The highest BCUT2D eigenvalue weighted by Gasteiger charge is 2.25. The average molecular weight is 303 g/mol. The Balaban J connectivity index is 2.07. The quantitative estimate of drug-likeness (QED) is 0.745. The van der Waals surface area contributed by atoms with Crippen molar-refractivity contribution < 1.29 is 9.53 Å². The second-order valence-corrected chi connectivity index (χ2v) is 5.55. The van der Waals surface area contributed by atoms with Crippen molar-refractivity contribution in [2.24, 2.45) is 0 Å². The molecule has 0 amide bonds. The second kappa shape index (κ2) is 5.53. The van der Waals surface area contributed by atoms with Gasteiger partial charge in [0.2, 0.25) is 0 Å². The minimum absolute atomic E-state index is 0.175. The van der Waals surface area contributed by atoms with Gasteiger partial charge in [-0.3, -0.25) is 4.79 Å². The van der Waals surface area contributed by atoms with Gasteiger partial charge < -0.3 is 9.72 Å². The molecule has 0 aliphatic heterocycles. The lowest BCUT2D eigenvalue weighted by Gasteiger charge is -2.13. The lowest BCUT2D eigenvalue weighted by atomic mass is 10.1. The molecule has 3 rings (SSSR count). The number of aromatic amines is 1. The number of carbonyl (C=O) groups is 1.